The lowest BCUT2D eigenvalue weighted by Crippen LogP contribution is -2.27. The molecule has 102 valence electrons. The SMILES string of the molecule is CCC(O)CNCc1nc2cc(Cl)ccc2c(=O)[nH]1. The molecule has 0 fully saturated rings. The van der Waals surface area contributed by atoms with Crippen molar-refractivity contribution in [3.05, 3.63) is 39.4 Å². The smallest absolute Gasteiger partial charge is 0.258 e. The molecule has 0 aliphatic heterocycles. The number of rotatable bonds is 5. The summed E-state index contributed by atoms with van der Waals surface area (Å²) < 4.78 is 0. The van der Waals surface area contributed by atoms with E-state index in [2.05, 4.69) is 15.3 Å². The molecule has 0 amide bonds. The summed E-state index contributed by atoms with van der Waals surface area (Å²) in [6.07, 6.45) is 0.297. The Morgan fingerprint density at radius 3 is 3.05 bits per heavy atom. The van der Waals surface area contributed by atoms with Crippen LogP contribution < -0.4 is 10.9 Å². The third kappa shape index (κ3) is 3.53. The Morgan fingerprint density at radius 1 is 1.53 bits per heavy atom. The van der Waals surface area contributed by atoms with Gasteiger partial charge >= 0.3 is 0 Å². The summed E-state index contributed by atoms with van der Waals surface area (Å²) in [5.74, 6) is 0.531. The van der Waals surface area contributed by atoms with Crippen LogP contribution in [0.3, 0.4) is 0 Å². The topological polar surface area (TPSA) is 78.0 Å². The normalized spacial score (nSPS) is 12.8. The van der Waals surface area contributed by atoms with Gasteiger partial charge in [-0.2, -0.15) is 0 Å². The van der Waals surface area contributed by atoms with Gasteiger partial charge in [0.15, 0.2) is 0 Å². The van der Waals surface area contributed by atoms with Gasteiger partial charge < -0.3 is 15.4 Å². The van der Waals surface area contributed by atoms with Crippen LogP contribution in [0.1, 0.15) is 19.2 Å². The van der Waals surface area contributed by atoms with Gasteiger partial charge in [-0.1, -0.05) is 18.5 Å². The summed E-state index contributed by atoms with van der Waals surface area (Å²) in [5.41, 5.74) is 0.388. The van der Waals surface area contributed by atoms with Crippen LogP contribution in [0.4, 0.5) is 0 Å². The van der Waals surface area contributed by atoms with E-state index >= 15 is 0 Å². The maximum Gasteiger partial charge on any atom is 0.258 e. The van der Waals surface area contributed by atoms with Gasteiger partial charge in [-0.3, -0.25) is 4.79 Å². The maximum atomic E-state index is 11.8. The standard InChI is InChI=1S/C13H16ClN3O2/c1-2-9(18)6-15-7-12-16-11-5-8(14)3-4-10(11)13(19)17-12/h3-5,9,15,18H,2,6-7H2,1H3,(H,16,17,19). The average molecular weight is 282 g/mol. The molecule has 2 rings (SSSR count). The van der Waals surface area contributed by atoms with Crippen molar-refractivity contribution in [1.29, 1.82) is 0 Å². The van der Waals surface area contributed by atoms with Crippen molar-refractivity contribution in [1.82, 2.24) is 15.3 Å². The summed E-state index contributed by atoms with van der Waals surface area (Å²) in [6.45, 7) is 2.77. The first-order valence-corrected chi connectivity index (χ1v) is 6.55. The zero-order valence-electron chi connectivity index (χ0n) is 10.6. The molecule has 0 aliphatic rings. The molecule has 6 heteroatoms. The van der Waals surface area contributed by atoms with Crippen LogP contribution >= 0.6 is 11.6 Å². The van der Waals surface area contributed by atoms with Gasteiger partial charge in [-0.15, -0.1) is 0 Å². The lowest BCUT2D eigenvalue weighted by atomic mass is 10.2. The van der Waals surface area contributed by atoms with Gasteiger partial charge in [0.2, 0.25) is 0 Å². The first-order chi connectivity index (χ1) is 9.10. The largest absolute Gasteiger partial charge is 0.392 e. The Kier molecular flexibility index (Phi) is 4.52. The maximum absolute atomic E-state index is 11.8. The van der Waals surface area contributed by atoms with Crippen molar-refractivity contribution in [2.24, 2.45) is 0 Å². The molecule has 5 nitrogen and oxygen atoms in total. The van der Waals surface area contributed by atoms with E-state index in [-0.39, 0.29) is 11.7 Å². The van der Waals surface area contributed by atoms with Gasteiger partial charge in [0.05, 0.1) is 23.6 Å². The van der Waals surface area contributed by atoms with E-state index in [1.54, 1.807) is 18.2 Å². The van der Waals surface area contributed by atoms with E-state index in [0.717, 1.165) is 0 Å². The van der Waals surface area contributed by atoms with Gasteiger partial charge in [0.1, 0.15) is 5.82 Å². The third-order valence-electron chi connectivity index (χ3n) is 2.86. The highest BCUT2D eigenvalue weighted by Crippen LogP contribution is 2.14. The van der Waals surface area contributed by atoms with Gasteiger partial charge in [0, 0.05) is 11.6 Å². The molecule has 19 heavy (non-hydrogen) atoms. The number of benzene rings is 1. The van der Waals surface area contributed by atoms with E-state index in [4.69, 9.17) is 11.6 Å². The molecule has 1 aromatic carbocycles. The minimum absolute atomic E-state index is 0.186. The minimum Gasteiger partial charge on any atom is -0.392 e. The monoisotopic (exact) mass is 281 g/mol. The van der Waals surface area contributed by atoms with Crippen molar-refractivity contribution >= 4 is 22.5 Å². The number of aromatic amines is 1. The molecule has 0 aliphatic carbocycles. The number of H-pyrrole nitrogens is 1. The summed E-state index contributed by atoms with van der Waals surface area (Å²) in [6, 6.07) is 4.98. The number of hydrogen-bond donors (Lipinski definition) is 3. The third-order valence-corrected chi connectivity index (χ3v) is 3.10. The van der Waals surface area contributed by atoms with Crippen LogP contribution in [-0.2, 0) is 6.54 Å². The highest BCUT2D eigenvalue weighted by molar-refractivity contribution is 6.31. The lowest BCUT2D eigenvalue weighted by Gasteiger charge is -2.09. The molecule has 0 saturated heterocycles. The number of aromatic nitrogens is 2. The Labute approximate surface area is 115 Å². The number of aliphatic hydroxyl groups is 1. The number of fused-ring (bicyclic) bond motifs is 1. The number of halogens is 1. The van der Waals surface area contributed by atoms with Crippen molar-refractivity contribution in [2.75, 3.05) is 6.54 Å². The van der Waals surface area contributed by atoms with Crippen molar-refractivity contribution in [3.8, 4) is 0 Å². The second-order valence-corrected chi connectivity index (χ2v) is 4.80. The summed E-state index contributed by atoms with van der Waals surface area (Å²) in [5, 5.41) is 13.5. The lowest BCUT2D eigenvalue weighted by molar-refractivity contribution is 0.167. The highest BCUT2D eigenvalue weighted by atomic mass is 35.5. The quantitative estimate of drug-likeness (QED) is 0.775. The second kappa shape index (κ2) is 6.14. The first-order valence-electron chi connectivity index (χ1n) is 6.17. The Balaban J connectivity index is 2.18. The van der Waals surface area contributed by atoms with Crippen molar-refractivity contribution < 1.29 is 5.11 Å². The van der Waals surface area contributed by atoms with Crippen LogP contribution in [0.15, 0.2) is 23.0 Å². The molecule has 1 atom stereocenters. The van der Waals surface area contributed by atoms with E-state index in [0.29, 0.717) is 41.3 Å². The molecular formula is C13H16ClN3O2. The van der Waals surface area contributed by atoms with E-state index in [9.17, 15) is 9.90 Å². The van der Waals surface area contributed by atoms with E-state index in [1.807, 2.05) is 6.92 Å². The van der Waals surface area contributed by atoms with Gasteiger partial charge in [-0.05, 0) is 24.6 Å². The fourth-order valence-electron chi connectivity index (χ4n) is 1.75. The molecule has 0 bridgehead atoms. The summed E-state index contributed by atoms with van der Waals surface area (Å²) in [7, 11) is 0. The number of nitrogens with one attached hydrogen (secondary N) is 2. The molecule has 1 unspecified atom stereocenters. The van der Waals surface area contributed by atoms with Crippen LogP contribution in [0.5, 0.6) is 0 Å². The second-order valence-electron chi connectivity index (χ2n) is 4.37. The van der Waals surface area contributed by atoms with Gasteiger partial charge in [-0.25, -0.2) is 4.98 Å². The molecule has 3 N–H and O–H groups in total. The zero-order valence-corrected chi connectivity index (χ0v) is 11.4. The predicted octanol–water partition coefficient (Wildman–Crippen LogP) is 1.44. The summed E-state index contributed by atoms with van der Waals surface area (Å²) >= 11 is 5.89. The van der Waals surface area contributed by atoms with Crippen molar-refractivity contribution in [2.45, 2.75) is 26.0 Å². The number of hydrogen-bond acceptors (Lipinski definition) is 4. The molecule has 1 aromatic heterocycles. The minimum atomic E-state index is -0.387. The van der Waals surface area contributed by atoms with E-state index < -0.39 is 0 Å². The Morgan fingerprint density at radius 2 is 2.32 bits per heavy atom. The molecular weight excluding hydrogens is 266 g/mol. The predicted molar refractivity (Wildman–Crippen MR) is 75.4 cm³/mol. The average Bonchev–Trinajstić information content (AvgIpc) is 2.38. The zero-order chi connectivity index (χ0) is 13.8. The highest BCUT2D eigenvalue weighted by Gasteiger charge is 2.05. The number of aliphatic hydroxyl groups excluding tert-OH is 1. The van der Waals surface area contributed by atoms with E-state index in [1.165, 1.54) is 0 Å². The first kappa shape index (κ1) is 14.0. The Hall–Kier alpha value is -1.43. The molecule has 0 radical (unpaired) electrons. The molecule has 0 saturated carbocycles. The fourth-order valence-corrected chi connectivity index (χ4v) is 1.91. The number of nitrogens with zero attached hydrogens (tertiary/aromatic N) is 1. The molecule has 1 heterocycles. The fraction of sp³-hybridized carbons (Fsp3) is 0.385. The van der Waals surface area contributed by atoms with Crippen LogP contribution in [0.2, 0.25) is 5.02 Å². The van der Waals surface area contributed by atoms with Crippen LogP contribution in [0, 0.1) is 0 Å². The van der Waals surface area contributed by atoms with Crippen molar-refractivity contribution in [3.63, 3.8) is 0 Å². The van der Waals surface area contributed by atoms with Gasteiger partial charge in [0.25, 0.3) is 5.56 Å². The van der Waals surface area contributed by atoms with Crippen LogP contribution in [-0.4, -0.2) is 27.7 Å². The Bertz CT molecular complexity index is 627. The van der Waals surface area contributed by atoms with Crippen LogP contribution in [0.25, 0.3) is 10.9 Å². The summed E-state index contributed by atoms with van der Waals surface area (Å²) in [4.78, 5) is 18.9. The molecule has 2 aromatic rings. The molecule has 0 spiro atoms.